The summed E-state index contributed by atoms with van der Waals surface area (Å²) in [5.41, 5.74) is 1.44. The molecule has 2 aliphatic heterocycles. The third-order valence-corrected chi connectivity index (χ3v) is 7.24. The van der Waals surface area contributed by atoms with Crippen LogP contribution in [0.25, 0.3) is 0 Å². The monoisotopic (exact) mass is 314 g/mol. The predicted molar refractivity (Wildman–Crippen MR) is 82.5 cm³/mol. The highest BCUT2D eigenvalue weighted by Gasteiger charge is 2.39. The van der Waals surface area contributed by atoms with E-state index in [1.807, 2.05) is 18.3 Å². The number of fused-ring (bicyclic) bond motifs is 1. The van der Waals surface area contributed by atoms with Crippen LogP contribution in [-0.4, -0.2) is 49.1 Å². The fourth-order valence-corrected chi connectivity index (χ4v) is 5.51. The molecule has 0 unspecified atom stereocenters. The summed E-state index contributed by atoms with van der Waals surface area (Å²) < 4.78 is 25.8. The average molecular weight is 314 g/mol. The van der Waals surface area contributed by atoms with Gasteiger partial charge in [-0.3, -0.25) is 4.90 Å². The molecule has 112 valence electrons. The molecule has 0 aliphatic carbocycles. The van der Waals surface area contributed by atoms with E-state index in [0.29, 0.717) is 24.9 Å². The highest BCUT2D eigenvalue weighted by atomic mass is 32.2. The molecule has 0 aromatic carbocycles. The van der Waals surface area contributed by atoms with Gasteiger partial charge in [0.05, 0.1) is 5.75 Å². The van der Waals surface area contributed by atoms with Gasteiger partial charge in [0.2, 0.25) is 10.0 Å². The van der Waals surface area contributed by atoms with Crippen molar-refractivity contribution in [2.24, 2.45) is 0 Å². The first-order chi connectivity index (χ1) is 9.60. The van der Waals surface area contributed by atoms with E-state index in [-0.39, 0.29) is 0 Å². The minimum atomic E-state index is -3.00. The molecule has 20 heavy (non-hydrogen) atoms. The fourth-order valence-electron chi connectivity index (χ4n) is 2.91. The molecule has 1 aromatic rings. The van der Waals surface area contributed by atoms with Crippen molar-refractivity contribution in [3.05, 3.63) is 21.9 Å². The first-order valence-corrected chi connectivity index (χ1v) is 9.86. The molecule has 3 heterocycles. The van der Waals surface area contributed by atoms with Crippen molar-refractivity contribution in [3.63, 3.8) is 0 Å². The molecule has 1 saturated heterocycles. The van der Waals surface area contributed by atoms with Crippen molar-refractivity contribution in [1.29, 1.82) is 0 Å². The van der Waals surface area contributed by atoms with Crippen LogP contribution in [0.5, 0.6) is 0 Å². The lowest BCUT2D eigenvalue weighted by Crippen LogP contribution is -2.61. The molecule has 6 heteroatoms. The highest BCUT2D eigenvalue weighted by molar-refractivity contribution is 7.89. The van der Waals surface area contributed by atoms with Crippen LogP contribution in [0, 0.1) is 0 Å². The molecular weight excluding hydrogens is 292 g/mol. The van der Waals surface area contributed by atoms with Crippen LogP contribution in [0.3, 0.4) is 0 Å². The smallest absolute Gasteiger partial charge is 0.214 e. The van der Waals surface area contributed by atoms with Crippen molar-refractivity contribution >= 4 is 21.4 Å². The van der Waals surface area contributed by atoms with E-state index in [2.05, 4.69) is 16.3 Å². The van der Waals surface area contributed by atoms with Gasteiger partial charge >= 0.3 is 0 Å². The van der Waals surface area contributed by atoms with Crippen molar-refractivity contribution in [2.45, 2.75) is 38.8 Å². The Balaban J connectivity index is 1.54. The summed E-state index contributed by atoms with van der Waals surface area (Å²) in [6.07, 6.45) is 2.82. The lowest BCUT2D eigenvalue weighted by molar-refractivity contribution is 0.0775. The quantitative estimate of drug-likeness (QED) is 0.834. The predicted octanol–water partition coefficient (Wildman–Crippen LogP) is 1.92. The molecule has 0 radical (unpaired) electrons. The van der Waals surface area contributed by atoms with Crippen LogP contribution in [-0.2, 0) is 23.0 Å². The summed E-state index contributed by atoms with van der Waals surface area (Å²) in [4.78, 5) is 3.95. The number of sulfonamides is 1. The van der Waals surface area contributed by atoms with Gasteiger partial charge in [-0.1, -0.05) is 13.3 Å². The van der Waals surface area contributed by atoms with Crippen LogP contribution in [0.1, 0.15) is 30.2 Å². The van der Waals surface area contributed by atoms with Gasteiger partial charge in [0.1, 0.15) is 0 Å². The number of unbranched alkanes of at least 4 members (excludes halogenated alkanes) is 1. The Morgan fingerprint density at radius 1 is 1.40 bits per heavy atom. The zero-order chi connectivity index (χ0) is 14.2. The normalized spacial score (nSPS) is 21.6. The summed E-state index contributed by atoms with van der Waals surface area (Å²) in [5, 5.41) is 2.16. The van der Waals surface area contributed by atoms with E-state index in [1.165, 1.54) is 10.4 Å². The molecule has 4 nitrogen and oxygen atoms in total. The Labute approximate surface area is 125 Å². The zero-order valence-corrected chi connectivity index (χ0v) is 13.5. The molecule has 0 N–H and O–H groups in total. The number of thiophene rings is 1. The molecule has 0 bridgehead atoms. The summed E-state index contributed by atoms with van der Waals surface area (Å²) in [6.45, 7) is 5.46. The van der Waals surface area contributed by atoms with E-state index in [4.69, 9.17) is 0 Å². The van der Waals surface area contributed by atoms with Gasteiger partial charge in [-0.25, -0.2) is 8.42 Å². The second kappa shape index (κ2) is 5.75. The van der Waals surface area contributed by atoms with Gasteiger partial charge < -0.3 is 0 Å². The number of hydrogen-bond acceptors (Lipinski definition) is 4. The molecule has 2 aliphatic rings. The first kappa shape index (κ1) is 14.5. The van der Waals surface area contributed by atoms with E-state index in [9.17, 15) is 8.42 Å². The van der Waals surface area contributed by atoms with Crippen LogP contribution in [0.2, 0.25) is 0 Å². The van der Waals surface area contributed by atoms with Gasteiger partial charge in [0.25, 0.3) is 0 Å². The Kier molecular flexibility index (Phi) is 4.17. The summed E-state index contributed by atoms with van der Waals surface area (Å²) in [5.74, 6) is 0.310. The topological polar surface area (TPSA) is 40.6 Å². The largest absolute Gasteiger partial charge is 0.293 e. The summed E-state index contributed by atoms with van der Waals surface area (Å²) >= 11 is 1.85. The molecule has 0 spiro atoms. The van der Waals surface area contributed by atoms with Crippen LogP contribution < -0.4 is 0 Å². The van der Waals surface area contributed by atoms with Crippen LogP contribution in [0.15, 0.2) is 11.4 Å². The van der Waals surface area contributed by atoms with Crippen LogP contribution >= 0.6 is 11.3 Å². The van der Waals surface area contributed by atoms with E-state index < -0.39 is 10.0 Å². The maximum atomic E-state index is 12.1. The lowest BCUT2D eigenvalue weighted by atomic mass is 10.0. The lowest BCUT2D eigenvalue weighted by Gasteiger charge is -2.45. The second-order valence-electron chi connectivity index (χ2n) is 5.73. The van der Waals surface area contributed by atoms with Crippen molar-refractivity contribution < 1.29 is 8.42 Å². The molecule has 1 aromatic heterocycles. The number of rotatable bonds is 5. The van der Waals surface area contributed by atoms with Gasteiger partial charge in [0.15, 0.2) is 0 Å². The third kappa shape index (κ3) is 2.79. The van der Waals surface area contributed by atoms with Crippen LogP contribution in [0.4, 0.5) is 0 Å². The third-order valence-electron chi connectivity index (χ3n) is 4.33. The van der Waals surface area contributed by atoms with Gasteiger partial charge in [-0.05, 0) is 29.9 Å². The molecule has 0 saturated carbocycles. The fraction of sp³-hybridized carbons (Fsp3) is 0.714. The minimum Gasteiger partial charge on any atom is -0.293 e. The molecule has 1 fully saturated rings. The van der Waals surface area contributed by atoms with Crippen molar-refractivity contribution in [3.8, 4) is 0 Å². The Hall–Kier alpha value is -0.430. The maximum absolute atomic E-state index is 12.1. The molecule has 0 atom stereocenters. The zero-order valence-electron chi connectivity index (χ0n) is 11.9. The standard InChI is InChI=1S/C14H22N2O2S2/c1-2-3-8-20(17,18)16-10-13(11-16)15-6-4-14-12(9-15)5-7-19-14/h5,7,13H,2-4,6,8-11H2,1H3. The second-order valence-corrected chi connectivity index (χ2v) is 8.82. The summed E-state index contributed by atoms with van der Waals surface area (Å²) in [7, 11) is -3.00. The summed E-state index contributed by atoms with van der Waals surface area (Å²) in [6, 6.07) is 2.63. The van der Waals surface area contributed by atoms with E-state index >= 15 is 0 Å². The Morgan fingerprint density at radius 3 is 2.95 bits per heavy atom. The number of hydrogen-bond donors (Lipinski definition) is 0. The van der Waals surface area contributed by atoms with Gasteiger partial charge in [-0.15, -0.1) is 11.3 Å². The Morgan fingerprint density at radius 2 is 2.20 bits per heavy atom. The molecule has 3 rings (SSSR count). The average Bonchev–Trinajstić information content (AvgIpc) is 2.81. The number of nitrogens with zero attached hydrogens (tertiary/aromatic N) is 2. The van der Waals surface area contributed by atoms with Gasteiger partial charge in [-0.2, -0.15) is 4.31 Å². The SMILES string of the molecule is CCCCS(=O)(=O)N1CC(N2CCc3sccc3C2)C1. The highest BCUT2D eigenvalue weighted by Crippen LogP contribution is 2.28. The first-order valence-electron chi connectivity index (χ1n) is 7.37. The van der Waals surface area contributed by atoms with Crippen molar-refractivity contribution in [1.82, 2.24) is 9.21 Å². The van der Waals surface area contributed by atoms with E-state index in [1.54, 1.807) is 4.31 Å². The van der Waals surface area contributed by atoms with E-state index in [0.717, 1.165) is 32.4 Å². The minimum absolute atomic E-state index is 0.310. The Bertz CT molecular complexity index is 561. The molecular formula is C14H22N2O2S2. The van der Waals surface area contributed by atoms with Crippen molar-refractivity contribution in [2.75, 3.05) is 25.4 Å². The van der Waals surface area contributed by atoms with Gasteiger partial charge in [0, 0.05) is 37.1 Å². The molecule has 0 amide bonds. The maximum Gasteiger partial charge on any atom is 0.214 e.